The molecule has 0 fully saturated rings. The molecule has 17 heavy (non-hydrogen) atoms. The van der Waals surface area contributed by atoms with Crippen molar-refractivity contribution in [1.82, 2.24) is 14.8 Å². The Bertz CT molecular complexity index is 433. The van der Waals surface area contributed by atoms with Crippen molar-refractivity contribution in [3.63, 3.8) is 0 Å². The summed E-state index contributed by atoms with van der Waals surface area (Å²) >= 11 is 0.934. The molecule has 0 aromatic carbocycles. The Kier molecular flexibility index (Phi) is 4.32. The summed E-state index contributed by atoms with van der Waals surface area (Å²) in [6.45, 7) is 1.57. The molecule has 0 saturated heterocycles. The highest BCUT2D eigenvalue weighted by Gasteiger charge is 2.22. The number of carbonyl (C=O) groups excluding carboxylic acids is 1. The molecule has 1 unspecified atom stereocenters. The van der Waals surface area contributed by atoms with Crippen molar-refractivity contribution >= 4 is 29.6 Å². The zero-order valence-corrected chi connectivity index (χ0v) is 10.1. The molecule has 0 bridgehead atoms. The molecule has 1 heterocycles. The van der Waals surface area contributed by atoms with E-state index in [9.17, 15) is 9.59 Å². The number of esters is 1. The Morgan fingerprint density at radius 3 is 2.76 bits per heavy atom. The molecule has 0 aliphatic heterocycles. The van der Waals surface area contributed by atoms with Gasteiger partial charge in [-0.15, -0.1) is 10.2 Å². The summed E-state index contributed by atoms with van der Waals surface area (Å²) in [4.78, 5) is 21.8. The first-order valence-electron chi connectivity index (χ1n) is 4.60. The summed E-state index contributed by atoms with van der Waals surface area (Å²) in [5, 5.41) is 16.1. The van der Waals surface area contributed by atoms with E-state index in [2.05, 4.69) is 14.9 Å². The van der Waals surface area contributed by atoms with Crippen molar-refractivity contribution in [3.05, 3.63) is 0 Å². The minimum Gasteiger partial charge on any atom is -0.481 e. The maximum absolute atomic E-state index is 11.4. The first-order valence-corrected chi connectivity index (χ1v) is 5.58. The number of nitrogens with two attached hydrogens (primary N) is 1. The number of hydrogen-bond donors (Lipinski definition) is 2. The molecule has 0 amide bonds. The van der Waals surface area contributed by atoms with Crippen molar-refractivity contribution in [3.8, 4) is 0 Å². The van der Waals surface area contributed by atoms with Crippen LogP contribution in [0.1, 0.15) is 13.0 Å². The molecule has 0 spiro atoms. The molecule has 0 aliphatic carbocycles. The predicted molar refractivity (Wildman–Crippen MR) is 59.5 cm³/mol. The smallest absolute Gasteiger partial charge is 0.328 e. The van der Waals surface area contributed by atoms with Gasteiger partial charge in [0.1, 0.15) is 6.04 Å². The highest BCUT2D eigenvalue weighted by molar-refractivity contribution is 7.99. The van der Waals surface area contributed by atoms with Crippen molar-refractivity contribution < 1.29 is 19.4 Å². The highest BCUT2D eigenvalue weighted by atomic mass is 32.2. The van der Waals surface area contributed by atoms with E-state index in [1.165, 1.54) is 11.7 Å². The summed E-state index contributed by atoms with van der Waals surface area (Å²) in [6, 6.07) is -0.703. The van der Waals surface area contributed by atoms with Gasteiger partial charge >= 0.3 is 11.9 Å². The zero-order valence-electron chi connectivity index (χ0n) is 9.28. The minimum atomic E-state index is -0.992. The Labute approximate surface area is 101 Å². The van der Waals surface area contributed by atoms with E-state index >= 15 is 0 Å². The number of aliphatic carboxylic acids is 1. The summed E-state index contributed by atoms with van der Waals surface area (Å²) in [6.07, 6.45) is 0. The monoisotopic (exact) mass is 260 g/mol. The lowest BCUT2D eigenvalue weighted by molar-refractivity contribution is -0.144. The van der Waals surface area contributed by atoms with Crippen molar-refractivity contribution in [2.45, 2.75) is 18.1 Å². The number of aromatic nitrogens is 3. The lowest BCUT2D eigenvalue weighted by Crippen LogP contribution is -2.20. The molecular formula is C8H12N4O4S. The zero-order chi connectivity index (χ0) is 13.0. The maximum Gasteiger partial charge on any atom is 0.328 e. The van der Waals surface area contributed by atoms with Crippen LogP contribution in [-0.4, -0.2) is 44.7 Å². The number of nitrogen functional groups attached to an aromatic ring is 1. The number of rotatable bonds is 5. The van der Waals surface area contributed by atoms with Gasteiger partial charge in [0.2, 0.25) is 5.95 Å². The summed E-state index contributed by atoms with van der Waals surface area (Å²) < 4.78 is 5.91. The van der Waals surface area contributed by atoms with Crippen LogP contribution in [0.15, 0.2) is 5.16 Å². The second kappa shape index (κ2) is 5.53. The molecule has 1 aromatic heterocycles. The molecule has 0 aliphatic rings. The van der Waals surface area contributed by atoms with Crippen LogP contribution < -0.4 is 5.73 Å². The largest absolute Gasteiger partial charge is 0.481 e. The molecule has 94 valence electrons. The van der Waals surface area contributed by atoms with Crippen LogP contribution in [-0.2, 0) is 14.3 Å². The lowest BCUT2D eigenvalue weighted by Gasteiger charge is -2.13. The third kappa shape index (κ3) is 3.09. The van der Waals surface area contributed by atoms with Crippen molar-refractivity contribution in [2.75, 3.05) is 18.6 Å². The van der Waals surface area contributed by atoms with Crippen LogP contribution in [0.4, 0.5) is 5.95 Å². The average molecular weight is 260 g/mol. The first-order chi connectivity index (χ1) is 7.97. The molecule has 1 atom stereocenters. The van der Waals surface area contributed by atoms with Crippen LogP contribution in [0, 0.1) is 0 Å². The third-order valence-corrected chi connectivity index (χ3v) is 2.87. The van der Waals surface area contributed by atoms with Gasteiger partial charge in [-0.3, -0.25) is 9.36 Å². The average Bonchev–Trinajstić information content (AvgIpc) is 2.65. The van der Waals surface area contributed by atoms with E-state index < -0.39 is 18.0 Å². The number of anilines is 1. The number of carbonyl (C=O) groups is 2. The number of hydrogen-bond acceptors (Lipinski definition) is 7. The normalized spacial score (nSPS) is 12.1. The van der Waals surface area contributed by atoms with Gasteiger partial charge in [-0.2, -0.15) is 0 Å². The topological polar surface area (TPSA) is 120 Å². The van der Waals surface area contributed by atoms with Crippen molar-refractivity contribution in [2.24, 2.45) is 0 Å². The second-order valence-electron chi connectivity index (χ2n) is 3.09. The van der Waals surface area contributed by atoms with E-state index in [0.717, 1.165) is 11.8 Å². The Hall–Kier alpha value is -1.77. The molecule has 8 nitrogen and oxygen atoms in total. The third-order valence-electron chi connectivity index (χ3n) is 1.95. The summed E-state index contributed by atoms with van der Waals surface area (Å²) in [7, 11) is 1.25. The van der Waals surface area contributed by atoms with E-state index in [4.69, 9.17) is 10.8 Å². The number of thioether (sulfide) groups is 1. The summed E-state index contributed by atoms with van der Waals surface area (Å²) in [5.41, 5.74) is 5.56. The highest BCUT2D eigenvalue weighted by Crippen LogP contribution is 2.23. The molecule has 1 aromatic rings. The number of ether oxygens (including phenoxy) is 1. The van der Waals surface area contributed by atoms with Crippen LogP contribution in [0.2, 0.25) is 0 Å². The molecular weight excluding hydrogens is 248 g/mol. The van der Waals surface area contributed by atoms with E-state index in [0.29, 0.717) is 0 Å². The minimum absolute atomic E-state index is 0.0378. The van der Waals surface area contributed by atoms with Gasteiger partial charge in [-0.1, -0.05) is 11.8 Å². The lowest BCUT2D eigenvalue weighted by atomic mass is 10.3. The van der Waals surface area contributed by atoms with Gasteiger partial charge in [0.25, 0.3) is 0 Å². The van der Waals surface area contributed by atoms with Crippen LogP contribution >= 0.6 is 11.8 Å². The fourth-order valence-electron chi connectivity index (χ4n) is 1.15. The van der Waals surface area contributed by atoms with Crippen LogP contribution in [0.25, 0.3) is 0 Å². The molecule has 9 heteroatoms. The summed E-state index contributed by atoms with van der Waals surface area (Å²) in [5.74, 6) is -1.65. The van der Waals surface area contributed by atoms with Crippen molar-refractivity contribution in [1.29, 1.82) is 0 Å². The fraction of sp³-hybridized carbons (Fsp3) is 0.500. The Balaban J connectivity index is 2.93. The van der Waals surface area contributed by atoms with Gasteiger partial charge in [0.05, 0.1) is 12.9 Å². The van der Waals surface area contributed by atoms with E-state index in [1.807, 2.05) is 0 Å². The van der Waals surface area contributed by atoms with E-state index in [-0.39, 0.29) is 16.9 Å². The van der Waals surface area contributed by atoms with E-state index in [1.54, 1.807) is 6.92 Å². The standard InChI is InChI=1S/C8H12N4O4S/c1-4(6(15)16-2)12-7(9)10-11-8(12)17-3-5(13)14/h4H,3H2,1-2H3,(H2,9,10)(H,13,14). The number of carboxylic acids is 1. The predicted octanol–water partition coefficient (Wildman–Crippen LogP) is -0.229. The van der Waals surface area contributed by atoms with Gasteiger partial charge in [0.15, 0.2) is 5.16 Å². The molecule has 1 rings (SSSR count). The molecule has 3 N–H and O–H groups in total. The number of carboxylic acid groups (broad SMARTS) is 1. The van der Waals surface area contributed by atoms with Crippen LogP contribution in [0.3, 0.4) is 0 Å². The molecule has 0 radical (unpaired) electrons. The Morgan fingerprint density at radius 2 is 2.24 bits per heavy atom. The fourth-order valence-corrected chi connectivity index (χ4v) is 1.89. The quantitative estimate of drug-likeness (QED) is 0.550. The Morgan fingerprint density at radius 1 is 1.59 bits per heavy atom. The van der Waals surface area contributed by atoms with Crippen LogP contribution in [0.5, 0.6) is 0 Å². The van der Waals surface area contributed by atoms with Gasteiger partial charge in [-0.25, -0.2) is 4.79 Å². The second-order valence-corrected chi connectivity index (χ2v) is 4.03. The van der Waals surface area contributed by atoms with Gasteiger partial charge in [-0.05, 0) is 6.92 Å². The van der Waals surface area contributed by atoms with Gasteiger partial charge in [0, 0.05) is 0 Å². The first kappa shape index (κ1) is 13.3. The number of methoxy groups -OCH3 is 1. The SMILES string of the molecule is COC(=O)C(C)n1c(N)nnc1SCC(=O)O. The maximum atomic E-state index is 11.4. The molecule has 0 saturated carbocycles. The van der Waals surface area contributed by atoms with Gasteiger partial charge < -0.3 is 15.6 Å². The number of nitrogens with zero attached hydrogens (tertiary/aromatic N) is 3.